The number of hydrogen-bond acceptors (Lipinski definition) is 5. The van der Waals surface area contributed by atoms with Crippen molar-refractivity contribution in [2.75, 3.05) is 31.1 Å². The molecule has 1 fully saturated rings. The maximum atomic E-state index is 12.0. The van der Waals surface area contributed by atoms with E-state index in [1.165, 1.54) is 0 Å². The van der Waals surface area contributed by atoms with Crippen LogP contribution in [0.2, 0.25) is 0 Å². The number of amides is 2. The number of anilines is 1. The van der Waals surface area contributed by atoms with Crippen LogP contribution in [0.15, 0.2) is 24.3 Å². The summed E-state index contributed by atoms with van der Waals surface area (Å²) in [7, 11) is 0. The van der Waals surface area contributed by atoms with E-state index in [-0.39, 0.29) is 24.5 Å². The summed E-state index contributed by atoms with van der Waals surface area (Å²) in [6.07, 6.45) is 1.79. The maximum absolute atomic E-state index is 12.0. The van der Waals surface area contributed by atoms with Crippen LogP contribution < -0.4 is 20.7 Å². The summed E-state index contributed by atoms with van der Waals surface area (Å²) < 4.78 is 11.0. The van der Waals surface area contributed by atoms with E-state index < -0.39 is 6.10 Å². The summed E-state index contributed by atoms with van der Waals surface area (Å²) in [5.74, 6) is 0.554. The van der Waals surface area contributed by atoms with Crippen LogP contribution in [-0.4, -0.2) is 50.3 Å². The van der Waals surface area contributed by atoms with Gasteiger partial charge in [0.25, 0.3) is 5.91 Å². The van der Waals surface area contributed by atoms with Gasteiger partial charge in [0.2, 0.25) is 5.91 Å². The van der Waals surface area contributed by atoms with Gasteiger partial charge in [0.15, 0.2) is 6.61 Å². The third kappa shape index (κ3) is 3.68. The molecule has 0 spiro atoms. The molecule has 0 unspecified atom stereocenters. The Labute approximate surface area is 141 Å². The van der Waals surface area contributed by atoms with Gasteiger partial charge in [-0.2, -0.15) is 0 Å². The number of rotatable bonds is 6. The van der Waals surface area contributed by atoms with Crippen molar-refractivity contribution in [3.63, 3.8) is 0 Å². The third-order valence-electron chi connectivity index (χ3n) is 4.33. The van der Waals surface area contributed by atoms with Gasteiger partial charge >= 0.3 is 0 Å². The minimum absolute atomic E-state index is 0.0109. The second-order valence-electron chi connectivity index (χ2n) is 6.01. The van der Waals surface area contributed by atoms with Crippen molar-refractivity contribution in [1.29, 1.82) is 0 Å². The fourth-order valence-corrected chi connectivity index (χ4v) is 3.03. The first-order chi connectivity index (χ1) is 11.7. The average molecular weight is 333 g/mol. The summed E-state index contributed by atoms with van der Waals surface area (Å²) in [4.78, 5) is 25.8. The van der Waals surface area contributed by atoms with E-state index in [1.54, 1.807) is 4.90 Å². The van der Waals surface area contributed by atoms with E-state index in [2.05, 4.69) is 5.32 Å². The van der Waals surface area contributed by atoms with Gasteiger partial charge in [-0.15, -0.1) is 0 Å². The summed E-state index contributed by atoms with van der Waals surface area (Å²) in [6.45, 7) is 1.54. The Balaban J connectivity index is 1.45. The highest BCUT2D eigenvalue weighted by molar-refractivity contribution is 5.97. The van der Waals surface area contributed by atoms with Gasteiger partial charge in [0.05, 0.1) is 11.8 Å². The molecule has 2 heterocycles. The predicted molar refractivity (Wildman–Crippen MR) is 88.9 cm³/mol. The predicted octanol–water partition coefficient (Wildman–Crippen LogP) is 0.425. The van der Waals surface area contributed by atoms with Crippen LogP contribution in [0.5, 0.6) is 5.75 Å². The number of nitrogens with one attached hydrogen (secondary N) is 1. The zero-order valence-corrected chi connectivity index (χ0v) is 13.6. The van der Waals surface area contributed by atoms with Crippen molar-refractivity contribution < 1.29 is 19.1 Å². The average Bonchev–Trinajstić information content (AvgIpc) is 3.09. The van der Waals surface area contributed by atoms with Crippen LogP contribution in [-0.2, 0) is 14.3 Å². The van der Waals surface area contributed by atoms with Crippen LogP contribution in [0.25, 0.3) is 0 Å². The first-order valence-corrected chi connectivity index (χ1v) is 8.34. The summed E-state index contributed by atoms with van der Waals surface area (Å²) in [5, 5.41) is 2.87. The van der Waals surface area contributed by atoms with Gasteiger partial charge in [-0.05, 0) is 31.4 Å². The normalized spacial score (nSPS) is 22.9. The summed E-state index contributed by atoms with van der Waals surface area (Å²) in [5.41, 5.74) is 6.33. The van der Waals surface area contributed by atoms with Gasteiger partial charge in [0, 0.05) is 19.6 Å². The Morgan fingerprint density at radius 2 is 2.17 bits per heavy atom. The van der Waals surface area contributed by atoms with E-state index in [9.17, 15) is 9.59 Å². The van der Waals surface area contributed by atoms with E-state index in [0.717, 1.165) is 12.1 Å². The molecule has 1 aromatic carbocycles. The number of benzene rings is 1. The second kappa shape index (κ2) is 7.63. The number of ether oxygens (including phenoxy) is 2. The lowest BCUT2D eigenvalue weighted by Gasteiger charge is -2.29. The topological polar surface area (TPSA) is 93.9 Å². The number of carbonyl (C=O) groups excluding carboxylic acids is 2. The van der Waals surface area contributed by atoms with Crippen molar-refractivity contribution in [3.8, 4) is 5.75 Å². The third-order valence-corrected chi connectivity index (χ3v) is 4.33. The first kappa shape index (κ1) is 16.7. The lowest BCUT2D eigenvalue weighted by atomic mass is 10.2. The van der Waals surface area contributed by atoms with Crippen LogP contribution in [0.1, 0.15) is 19.3 Å². The molecule has 2 amide bonds. The molecule has 0 radical (unpaired) electrons. The highest BCUT2D eigenvalue weighted by Gasteiger charge is 2.29. The molecule has 0 bridgehead atoms. The van der Waals surface area contributed by atoms with E-state index in [4.69, 9.17) is 15.2 Å². The lowest BCUT2D eigenvalue weighted by Crippen LogP contribution is -2.41. The Hall–Kier alpha value is -2.12. The van der Waals surface area contributed by atoms with Gasteiger partial charge in [-0.3, -0.25) is 9.59 Å². The van der Waals surface area contributed by atoms with Gasteiger partial charge in [-0.25, -0.2) is 0 Å². The molecular formula is C17H23N3O4. The Kier molecular flexibility index (Phi) is 5.32. The molecule has 2 aliphatic rings. The number of para-hydroxylation sites is 2. The Morgan fingerprint density at radius 3 is 2.96 bits per heavy atom. The van der Waals surface area contributed by atoms with Crippen LogP contribution in [0, 0.1) is 0 Å². The van der Waals surface area contributed by atoms with Crippen molar-refractivity contribution in [2.24, 2.45) is 5.73 Å². The van der Waals surface area contributed by atoms with Crippen molar-refractivity contribution in [1.82, 2.24) is 5.32 Å². The van der Waals surface area contributed by atoms with Crippen molar-refractivity contribution >= 4 is 17.5 Å². The molecule has 7 heteroatoms. The smallest absolute Gasteiger partial charge is 0.265 e. The molecule has 3 rings (SSSR count). The largest absolute Gasteiger partial charge is 0.482 e. The van der Waals surface area contributed by atoms with Crippen LogP contribution in [0.4, 0.5) is 5.69 Å². The van der Waals surface area contributed by atoms with Crippen molar-refractivity contribution in [3.05, 3.63) is 24.3 Å². The number of nitrogens with zero attached hydrogens (tertiary/aromatic N) is 1. The Bertz CT molecular complexity index is 607. The highest BCUT2D eigenvalue weighted by atomic mass is 16.5. The minimum Gasteiger partial charge on any atom is -0.482 e. The maximum Gasteiger partial charge on any atom is 0.265 e. The number of carbonyl (C=O) groups is 2. The number of hydrogen-bond donors (Lipinski definition) is 2. The van der Waals surface area contributed by atoms with E-state index in [1.807, 2.05) is 24.3 Å². The highest BCUT2D eigenvalue weighted by Crippen LogP contribution is 2.31. The minimum atomic E-state index is -0.399. The molecule has 2 atom stereocenters. The summed E-state index contributed by atoms with van der Waals surface area (Å²) in [6, 6.07) is 7.47. The number of nitrogens with two attached hydrogens (primary N) is 1. The molecule has 0 aromatic heterocycles. The second-order valence-corrected chi connectivity index (χ2v) is 6.01. The quantitative estimate of drug-likeness (QED) is 0.736. The lowest BCUT2D eigenvalue weighted by molar-refractivity contribution is -0.131. The summed E-state index contributed by atoms with van der Waals surface area (Å²) >= 11 is 0. The molecule has 0 aliphatic carbocycles. The molecular weight excluding hydrogens is 310 g/mol. The monoisotopic (exact) mass is 333 g/mol. The molecule has 24 heavy (non-hydrogen) atoms. The first-order valence-electron chi connectivity index (χ1n) is 8.34. The molecule has 130 valence electrons. The van der Waals surface area contributed by atoms with Gasteiger partial charge in [0.1, 0.15) is 11.9 Å². The van der Waals surface area contributed by atoms with E-state index >= 15 is 0 Å². The molecule has 7 nitrogen and oxygen atoms in total. The zero-order valence-electron chi connectivity index (χ0n) is 13.6. The fraction of sp³-hybridized carbons (Fsp3) is 0.529. The van der Waals surface area contributed by atoms with Crippen molar-refractivity contribution in [2.45, 2.75) is 31.5 Å². The zero-order chi connectivity index (χ0) is 16.9. The molecule has 2 aliphatic heterocycles. The SMILES string of the molecule is NC[C@H]1CC[C@@H](C(=O)NCCCN2C(=O)COc3ccccc32)O1. The van der Waals surface area contributed by atoms with Crippen LogP contribution in [0.3, 0.4) is 0 Å². The molecule has 1 aromatic rings. The van der Waals surface area contributed by atoms with Gasteiger partial charge in [-0.1, -0.05) is 12.1 Å². The molecule has 0 saturated carbocycles. The standard InChI is InChI=1S/C17H23N3O4/c18-10-12-6-7-15(24-12)17(22)19-8-3-9-20-13-4-1-2-5-14(13)23-11-16(20)21/h1-2,4-5,12,15H,3,6-11,18H2,(H,19,22)/t12-,15+/m1/s1. The van der Waals surface area contributed by atoms with E-state index in [0.29, 0.717) is 38.2 Å². The fourth-order valence-electron chi connectivity index (χ4n) is 3.03. The number of fused-ring (bicyclic) bond motifs is 1. The van der Waals surface area contributed by atoms with Gasteiger partial charge < -0.3 is 25.4 Å². The Morgan fingerprint density at radius 1 is 1.33 bits per heavy atom. The molecule has 1 saturated heterocycles. The van der Waals surface area contributed by atoms with Crippen LogP contribution >= 0.6 is 0 Å². The molecule has 3 N–H and O–H groups in total.